The summed E-state index contributed by atoms with van der Waals surface area (Å²) in [5.74, 6) is 1.14. The van der Waals surface area contributed by atoms with Crippen LogP contribution in [-0.4, -0.2) is 19.6 Å². The lowest BCUT2D eigenvalue weighted by Gasteiger charge is -2.05. The minimum atomic E-state index is 0.457. The lowest BCUT2D eigenvalue weighted by molar-refractivity contribution is 1.01. The largest absolute Gasteiger partial charge is 0.323 e. The number of anilines is 2. The van der Waals surface area contributed by atoms with E-state index in [0.29, 0.717) is 27.5 Å². The third-order valence-electron chi connectivity index (χ3n) is 3.18. The minimum absolute atomic E-state index is 0.457. The number of aromatic amines is 1. The summed E-state index contributed by atoms with van der Waals surface area (Å²) in [4.78, 5) is 8.84. The highest BCUT2D eigenvalue weighted by molar-refractivity contribution is 6.43. The van der Waals surface area contributed by atoms with Crippen LogP contribution in [0.25, 0.3) is 16.8 Å². The lowest BCUT2D eigenvalue weighted by atomic mass is 10.3. The van der Waals surface area contributed by atoms with Crippen LogP contribution in [0.3, 0.4) is 0 Å². The molecule has 2 N–H and O–H groups in total. The fraction of sp³-hybridized carbons (Fsp3) is 0. The highest BCUT2D eigenvalue weighted by Gasteiger charge is 2.11. The van der Waals surface area contributed by atoms with Crippen molar-refractivity contribution in [2.24, 2.45) is 0 Å². The summed E-state index contributed by atoms with van der Waals surface area (Å²) >= 11 is 12.1. The molecule has 0 aliphatic rings. The van der Waals surface area contributed by atoms with Gasteiger partial charge in [-0.1, -0.05) is 41.4 Å². The van der Waals surface area contributed by atoms with E-state index in [0.717, 1.165) is 11.0 Å². The molecule has 2 aromatic carbocycles. The fourth-order valence-electron chi connectivity index (χ4n) is 2.21. The molecule has 0 bridgehead atoms. The molecular weight excluding hydrogens is 309 g/mol. The third-order valence-corrected chi connectivity index (χ3v) is 4.00. The summed E-state index contributed by atoms with van der Waals surface area (Å²) in [5.41, 5.74) is 2.54. The maximum Gasteiger partial charge on any atom is 0.253 e. The minimum Gasteiger partial charge on any atom is -0.323 e. The van der Waals surface area contributed by atoms with Crippen LogP contribution in [-0.2, 0) is 0 Å². The van der Waals surface area contributed by atoms with E-state index in [1.165, 1.54) is 0 Å². The topological polar surface area (TPSA) is 58.0 Å². The molecule has 104 valence electrons. The summed E-state index contributed by atoms with van der Waals surface area (Å²) in [6, 6.07) is 13.2. The Morgan fingerprint density at radius 2 is 1.86 bits per heavy atom. The number of hydrogen-bond donors (Lipinski definition) is 2. The average Bonchev–Trinajstić information content (AvgIpc) is 3.01. The normalized spacial score (nSPS) is 11.3. The van der Waals surface area contributed by atoms with Gasteiger partial charge in [0.25, 0.3) is 5.78 Å². The molecule has 0 radical (unpaired) electrons. The number of fused-ring (bicyclic) bond motifs is 3. The van der Waals surface area contributed by atoms with Gasteiger partial charge in [-0.25, -0.2) is 9.50 Å². The number of nitrogens with zero attached hydrogens (tertiary/aromatic N) is 3. The Hall–Kier alpha value is -2.24. The van der Waals surface area contributed by atoms with Gasteiger partial charge in [-0.15, -0.1) is 0 Å². The maximum atomic E-state index is 6.15. The zero-order chi connectivity index (χ0) is 14.4. The van der Waals surface area contributed by atoms with E-state index in [4.69, 9.17) is 23.2 Å². The van der Waals surface area contributed by atoms with Crippen LogP contribution in [0.4, 0.5) is 11.6 Å². The van der Waals surface area contributed by atoms with Crippen LogP contribution in [0.2, 0.25) is 10.0 Å². The van der Waals surface area contributed by atoms with Gasteiger partial charge < -0.3 is 5.32 Å². The second kappa shape index (κ2) is 4.65. The number of imidazole rings is 1. The first-order chi connectivity index (χ1) is 10.2. The number of H-pyrrole nitrogens is 1. The number of rotatable bonds is 2. The van der Waals surface area contributed by atoms with E-state index in [9.17, 15) is 0 Å². The molecule has 2 aromatic heterocycles. The summed E-state index contributed by atoms with van der Waals surface area (Å²) < 4.78 is 1.82. The monoisotopic (exact) mass is 317 g/mol. The summed E-state index contributed by atoms with van der Waals surface area (Å²) in [6.07, 6.45) is 0. The number of aromatic nitrogens is 4. The maximum absolute atomic E-state index is 6.15. The molecule has 4 aromatic rings. The number of nitrogens with one attached hydrogen (secondary N) is 2. The van der Waals surface area contributed by atoms with Crippen LogP contribution in [0, 0.1) is 0 Å². The molecule has 0 amide bonds. The van der Waals surface area contributed by atoms with E-state index < -0.39 is 0 Å². The Morgan fingerprint density at radius 1 is 1.00 bits per heavy atom. The standard InChI is InChI=1S/C14H9Cl2N5/c15-8-4-3-6-10(12(8)16)17-13-19-14-18-9-5-1-2-7-11(9)21(14)20-13/h1-7H,(H2,17,18,19,20). The Balaban J connectivity index is 1.79. The Bertz CT molecular complexity index is 956. The van der Waals surface area contributed by atoms with E-state index in [1.807, 2.05) is 40.9 Å². The van der Waals surface area contributed by atoms with Crippen LogP contribution in [0.5, 0.6) is 0 Å². The van der Waals surface area contributed by atoms with Crippen molar-refractivity contribution in [2.75, 3.05) is 5.32 Å². The van der Waals surface area contributed by atoms with Crippen molar-refractivity contribution in [2.45, 2.75) is 0 Å². The van der Waals surface area contributed by atoms with Gasteiger partial charge in [0.1, 0.15) is 0 Å². The molecule has 7 heteroatoms. The molecular formula is C14H9Cl2N5. The number of halogens is 2. The van der Waals surface area contributed by atoms with Crippen molar-refractivity contribution in [3.05, 3.63) is 52.5 Å². The van der Waals surface area contributed by atoms with E-state index in [1.54, 1.807) is 6.07 Å². The molecule has 5 nitrogen and oxygen atoms in total. The molecule has 0 unspecified atom stereocenters. The van der Waals surface area contributed by atoms with Crippen LogP contribution >= 0.6 is 23.2 Å². The summed E-state index contributed by atoms with van der Waals surface area (Å²) in [7, 11) is 0. The first kappa shape index (κ1) is 12.5. The van der Waals surface area contributed by atoms with E-state index in [-0.39, 0.29) is 0 Å². The number of benzene rings is 2. The van der Waals surface area contributed by atoms with Gasteiger partial charge in [-0.3, -0.25) is 5.10 Å². The highest BCUT2D eigenvalue weighted by Crippen LogP contribution is 2.31. The van der Waals surface area contributed by atoms with Gasteiger partial charge in [0.15, 0.2) is 0 Å². The molecule has 0 fully saturated rings. The van der Waals surface area contributed by atoms with Crippen LogP contribution in [0.1, 0.15) is 0 Å². The van der Waals surface area contributed by atoms with Gasteiger partial charge in [-0.05, 0) is 24.3 Å². The molecule has 4 rings (SSSR count). The lowest BCUT2D eigenvalue weighted by Crippen LogP contribution is -1.94. The van der Waals surface area contributed by atoms with Gasteiger partial charge >= 0.3 is 0 Å². The van der Waals surface area contributed by atoms with Crippen molar-refractivity contribution in [1.82, 2.24) is 19.6 Å². The zero-order valence-corrected chi connectivity index (χ0v) is 12.2. The molecule has 0 saturated carbocycles. The smallest absolute Gasteiger partial charge is 0.253 e. The fourth-order valence-corrected chi connectivity index (χ4v) is 2.56. The van der Waals surface area contributed by atoms with Crippen molar-refractivity contribution < 1.29 is 0 Å². The molecule has 0 aliphatic carbocycles. The summed E-state index contributed by atoms with van der Waals surface area (Å²) in [6.45, 7) is 0. The Morgan fingerprint density at radius 3 is 2.76 bits per heavy atom. The van der Waals surface area contributed by atoms with Crippen molar-refractivity contribution in [3.63, 3.8) is 0 Å². The van der Waals surface area contributed by atoms with Crippen LogP contribution in [0.15, 0.2) is 42.5 Å². The van der Waals surface area contributed by atoms with Gasteiger partial charge in [-0.2, -0.15) is 4.98 Å². The molecule has 0 aliphatic heterocycles. The Labute approximate surface area is 129 Å². The van der Waals surface area contributed by atoms with Gasteiger partial charge in [0, 0.05) is 0 Å². The van der Waals surface area contributed by atoms with Crippen molar-refractivity contribution in [1.29, 1.82) is 0 Å². The quantitative estimate of drug-likeness (QED) is 0.580. The first-order valence-electron chi connectivity index (χ1n) is 6.26. The number of para-hydroxylation sites is 2. The Kier molecular flexibility index (Phi) is 2.77. The number of hydrogen-bond acceptors (Lipinski definition) is 3. The second-order valence-corrected chi connectivity index (χ2v) is 5.32. The second-order valence-electron chi connectivity index (χ2n) is 4.53. The molecule has 21 heavy (non-hydrogen) atoms. The molecule has 0 saturated heterocycles. The van der Waals surface area contributed by atoms with Crippen LogP contribution < -0.4 is 5.32 Å². The SMILES string of the molecule is Clc1cccc(Nc2nc3nc4ccccc4n3[nH]2)c1Cl. The van der Waals surface area contributed by atoms with Crippen molar-refractivity contribution >= 4 is 51.6 Å². The average molecular weight is 318 g/mol. The zero-order valence-electron chi connectivity index (χ0n) is 10.6. The molecule has 0 atom stereocenters. The van der Waals surface area contributed by atoms with E-state index >= 15 is 0 Å². The predicted molar refractivity (Wildman–Crippen MR) is 84.6 cm³/mol. The summed E-state index contributed by atoms with van der Waals surface area (Å²) in [5, 5.41) is 7.20. The third kappa shape index (κ3) is 2.02. The molecule has 2 heterocycles. The predicted octanol–water partition coefficient (Wildman–Crippen LogP) is 4.26. The van der Waals surface area contributed by atoms with Gasteiger partial charge in [0.05, 0.1) is 26.8 Å². The molecule has 0 spiro atoms. The first-order valence-corrected chi connectivity index (χ1v) is 7.02. The van der Waals surface area contributed by atoms with Crippen molar-refractivity contribution in [3.8, 4) is 0 Å². The highest BCUT2D eigenvalue weighted by atomic mass is 35.5. The van der Waals surface area contributed by atoms with Gasteiger partial charge in [0.2, 0.25) is 5.95 Å². The van der Waals surface area contributed by atoms with E-state index in [2.05, 4.69) is 20.4 Å².